The Labute approximate surface area is 150 Å². The molecule has 1 unspecified atom stereocenters. The Kier molecular flexibility index (Phi) is 8.17. The molecule has 1 aromatic heterocycles. The van der Waals surface area contributed by atoms with E-state index >= 15 is 0 Å². The fraction of sp³-hybridized carbons (Fsp3) is 0.353. The van der Waals surface area contributed by atoms with E-state index in [1.807, 2.05) is 11.6 Å². The Morgan fingerprint density at radius 3 is 2.36 bits per heavy atom. The number of carboxylic acid groups (broad SMARTS) is 2. The van der Waals surface area contributed by atoms with E-state index in [0.717, 1.165) is 18.7 Å². The van der Waals surface area contributed by atoms with E-state index in [2.05, 4.69) is 36.5 Å². The number of hydrogen-bond donors (Lipinski definition) is 3. The van der Waals surface area contributed by atoms with Crippen LogP contribution in [0, 0.1) is 0 Å². The minimum Gasteiger partial charge on any atom is -0.478 e. The van der Waals surface area contributed by atoms with Gasteiger partial charge in [-0.15, -0.1) is 11.8 Å². The molecule has 1 atom stereocenters. The summed E-state index contributed by atoms with van der Waals surface area (Å²) in [6.45, 7) is 4.92. The van der Waals surface area contributed by atoms with Gasteiger partial charge in [0.05, 0.1) is 17.8 Å². The first-order valence-corrected chi connectivity index (χ1v) is 8.93. The number of thioether (sulfide) groups is 1. The molecule has 4 N–H and O–H groups in total. The molecule has 0 fully saturated rings. The van der Waals surface area contributed by atoms with Crippen molar-refractivity contribution in [3.05, 3.63) is 36.0 Å². The highest BCUT2D eigenvalue weighted by Gasteiger charge is 2.10. The molecule has 0 amide bonds. The second-order valence-corrected chi connectivity index (χ2v) is 6.23. The van der Waals surface area contributed by atoms with Crippen LogP contribution in [0.5, 0.6) is 0 Å². The molecule has 2 aromatic rings. The van der Waals surface area contributed by atoms with Gasteiger partial charge in [-0.25, -0.2) is 9.59 Å². The van der Waals surface area contributed by atoms with Crippen molar-refractivity contribution in [2.45, 2.75) is 37.8 Å². The van der Waals surface area contributed by atoms with Gasteiger partial charge in [0, 0.05) is 28.5 Å². The van der Waals surface area contributed by atoms with Crippen molar-refractivity contribution < 1.29 is 19.8 Å². The van der Waals surface area contributed by atoms with E-state index < -0.39 is 11.9 Å². The summed E-state index contributed by atoms with van der Waals surface area (Å²) in [5.41, 5.74) is 8.23. The van der Waals surface area contributed by atoms with Crippen molar-refractivity contribution in [2.75, 3.05) is 6.26 Å². The molecule has 0 bridgehead atoms. The topological polar surface area (TPSA) is 118 Å². The van der Waals surface area contributed by atoms with E-state index in [1.54, 1.807) is 11.8 Å². The molecular weight excluding hydrogens is 342 g/mol. The van der Waals surface area contributed by atoms with Gasteiger partial charge in [0.15, 0.2) is 0 Å². The van der Waals surface area contributed by atoms with E-state index in [0.29, 0.717) is 12.2 Å². The summed E-state index contributed by atoms with van der Waals surface area (Å²) >= 11 is 1.76. The summed E-state index contributed by atoms with van der Waals surface area (Å²) in [6, 6.07) is 6.66. The number of aromatic nitrogens is 2. The van der Waals surface area contributed by atoms with Crippen LogP contribution in [-0.2, 0) is 22.6 Å². The van der Waals surface area contributed by atoms with Gasteiger partial charge in [-0.05, 0) is 37.8 Å². The van der Waals surface area contributed by atoms with Crippen molar-refractivity contribution in [2.24, 2.45) is 5.73 Å². The molecule has 0 aliphatic carbocycles. The van der Waals surface area contributed by atoms with Crippen LogP contribution < -0.4 is 5.73 Å². The summed E-state index contributed by atoms with van der Waals surface area (Å²) in [5, 5.41) is 21.5. The molecular formula is C17H23N3O4S. The third-order valence-corrected chi connectivity index (χ3v) is 3.92. The molecule has 1 aromatic carbocycles. The first kappa shape index (κ1) is 20.7. The van der Waals surface area contributed by atoms with Crippen LogP contribution in [0.15, 0.2) is 35.2 Å². The lowest BCUT2D eigenvalue weighted by Crippen LogP contribution is -2.22. The van der Waals surface area contributed by atoms with Gasteiger partial charge >= 0.3 is 11.9 Å². The van der Waals surface area contributed by atoms with Gasteiger partial charge in [-0.1, -0.05) is 6.92 Å². The van der Waals surface area contributed by atoms with E-state index in [9.17, 15) is 9.59 Å². The van der Waals surface area contributed by atoms with Crippen molar-refractivity contribution in [3.63, 3.8) is 0 Å². The lowest BCUT2D eigenvalue weighted by Gasteiger charge is -2.07. The Hall–Kier alpha value is -2.32. The molecule has 8 heteroatoms. The van der Waals surface area contributed by atoms with E-state index in [1.165, 1.54) is 15.8 Å². The standard InChI is InChI=1S/C13H19N3S.C4H4O4/c1-4-12-11-6-5-10(17-3)7-13(11)16(15-12)8-9(2)14;5-3(6)1-2-4(7)8/h5-7,9H,4,8,14H2,1-3H3;1-2H,(H,5,6)(H,7,8)/b;2-1+. The SMILES string of the molecule is CCc1nn(CC(C)N)c2cc(SC)ccc12.O=C(O)/C=C/C(=O)O. The number of rotatable bonds is 6. The second-order valence-electron chi connectivity index (χ2n) is 5.35. The van der Waals surface area contributed by atoms with Crippen LogP contribution in [-0.4, -0.2) is 44.2 Å². The molecule has 0 spiro atoms. The highest BCUT2D eigenvalue weighted by atomic mass is 32.2. The van der Waals surface area contributed by atoms with Crippen molar-refractivity contribution in [1.29, 1.82) is 0 Å². The zero-order chi connectivity index (χ0) is 19.0. The number of carboxylic acids is 2. The highest BCUT2D eigenvalue weighted by molar-refractivity contribution is 7.98. The smallest absolute Gasteiger partial charge is 0.328 e. The number of carbonyl (C=O) groups is 2. The van der Waals surface area contributed by atoms with Gasteiger partial charge in [-0.2, -0.15) is 5.10 Å². The van der Waals surface area contributed by atoms with Crippen molar-refractivity contribution in [1.82, 2.24) is 9.78 Å². The van der Waals surface area contributed by atoms with Crippen LogP contribution in [0.1, 0.15) is 19.5 Å². The van der Waals surface area contributed by atoms with E-state index in [-0.39, 0.29) is 6.04 Å². The molecule has 7 nitrogen and oxygen atoms in total. The number of aliphatic carboxylic acids is 2. The predicted molar refractivity (Wildman–Crippen MR) is 99.0 cm³/mol. The number of nitrogens with two attached hydrogens (primary N) is 1. The fourth-order valence-electron chi connectivity index (χ4n) is 2.17. The molecule has 0 aliphatic heterocycles. The third kappa shape index (κ3) is 6.60. The molecule has 136 valence electrons. The lowest BCUT2D eigenvalue weighted by molar-refractivity contribution is -0.134. The van der Waals surface area contributed by atoms with Crippen LogP contribution >= 0.6 is 11.8 Å². The largest absolute Gasteiger partial charge is 0.478 e. The minimum atomic E-state index is -1.26. The average molecular weight is 365 g/mol. The van der Waals surface area contributed by atoms with Crippen molar-refractivity contribution in [3.8, 4) is 0 Å². The quantitative estimate of drug-likeness (QED) is 0.531. The van der Waals surface area contributed by atoms with Crippen LogP contribution in [0.3, 0.4) is 0 Å². The Morgan fingerprint density at radius 1 is 1.32 bits per heavy atom. The Bertz CT molecular complexity index is 753. The monoisotopic (exact) mass is 365 g/mol. The summed E-state index contributed by atoms with van der Waals surface area (Å²) in [7, 11) is 0. The van der Waals surface area contributed by atoms with Gasteiger partial charge in [0.1, 0.15) is 0 Å². The molecule has 0 saturated heterocycles. The van der Waals surface area contributed by atoms with Crippen LogP contribution in [0.4, 0.5) is 0 Å². The van der Waals surface area contributed by atoms with Gasteiger partial charge in [-0.3, -0.25) is 4.68 Å². The van der Waals surface area contributed by atoms with Crippen molar-refractivity contribution >= 4 is 34.6 Å². The molecule has 0 radical (unpaired) electrons. The van der Waals surface area contributed by atoms with Crippen LogP contribution in [0.2, 0.25) is 0 Å². The molecule has 0 saturated carbocycles. The summed E-state index contributed by atoms with van der Waals surface area (Å²) in [6.07, 6.45) is 4.17. The maximum Gasteiger partial charge on any atom is 0.328 e. The Balaban J connectivity index is 0.000000333. The zero-order valence-corrected chi connectivity index (χ0v) is 15.3. The number of benzene rings is 1. The number of aryl methyl sites for hydroxylation is 1. The normalized spacial score (nSPS) is 12.0. The van der Waals surface area contributed by atoms with Gasteiger partial charge in [0.25, 0.3) is 0 Å². The number of nitrogens with zero attached hydrogens (tertiary/aromatic N) is 2. The van der Waals surface area contributed by atoms with E-state index in [4.69, 9.17) is 15.9 Å². The molecule has 1 heterocycles. The molecule has 25 heavy (non-hydrogen) atoms. The average Bonchev–Trinajstić information content (AvgIpc) is 2.90. The third-order valence-electron chi connectivity index (χ3n) is 3.20. The first-order chi connectivity index (χ1) is 11.8. The highest BCUT2D eigenvalue weighted by Crippen LogP contribution is 2.25. The van der Waals surface area contributed by atoms with Gasteiger partial charge < -0.3 is 15.9 Å². The predicted octanol–water partition coefficient (Wildman–Crippen LogP) is 2.38. The van der Waals surface area contributed by atoms with Crippen LogP contribution in [0.25, 0.3) is 10.9 Å². The second kappa shape index (κ2) is 9.85. The lowest BCUT2D eigenvalue weighted by atomic mass is 10.2. The summed E-state index contributed by atoms with van der Waals surface area (Å²) in [5.74, 6) is -2.51. The van der Waals surface area contributed by atoms with Gasteiger partial charge in [0.2, 0.25) is 0 Å². The zero-order valence-electron chi connectivity index (χ0n) is 14.5. The summed E-state index contributed by atoms with van der Waals surface area (Å²) < 4.78 is 2.04. The maximum absolute atomic E-state index is 9.55. The number of fused-ring (bicyclic) bond motifs is 1. The molecule has 2 rings (SSSR count). The number of hydrogen-bond acceptors (Lipinski definition) is 5. The summed E-state index contributed by atoms with van der Waals surface area (Å²) in [4.78, 5) is 20.4. The maximum atomic E-state index is 9.55. The Morgan fingerprint density at radius 2 is 1.92 bits per heavy atom. The first-order valence-electron chi connectivity index (χ1n) is 7.71. The minimum absolute atomic E-state index is 0.126. The fourth-order valence-corrected chi connectivity index (χ4v) is 2.60. The molecule has 0 aliphatic rings.